The average Bonchev–Trinajstić information content (AvgIpc) is 2.87. The number of anilines is 2. The molecule has 3 rings (SSSR count). The Morgan fingerprint density at radius 3 is 2.71 bits per heavy atom. The second kappa shape index (κ2) is 6.20. The van der Waals surface area contributed by atoms with E-state index in [1.165, 1.54) is 11.3 Å². The van der Waals surface area contributed by atoms with E-state index in [9.17, 15) is 0 Å². The first-order chi connectivity index (χ1) is 10.1. The molecule has 0 bridgehead atoms. The first kappa shape index (κ1) is 15.2. The summed E-state index contributed by atoms with van der Waals surface area (Å²) in [6.45, 7) is 0. The minimum absolute atomic E-state index is 0.354. The van der Waals surface area contributed by atoms with E-state index in [2.05, 4.69) is 15.5 Å². The van der Waals surface area contributed by atoms with E-state index in [1.54, 1.807) is 18.9 Å². The molecule has 1 aromatic carbocycles. The van der Waals surface area contributed by atoms with Crippen molar-refractivity contribution in [1.82, 2.24) is 10.2 Å². The van der Waals surface area contributed by atoms with Gasteiger partial charge in [0.2, 0.25) is 5.13 Å². The highest BCUT2D eigenvalue weighted by Gasteiger charge is 2.51. The van der Waals surface area contributed by atoms with E-state index in [1.807, 2.05) is 24.3 Å². The maximum absolute atomic E-state index is 6.01. The van der Waals surface area contributed by atoms with E-state index in [-0.39, 0.29) is 0 Å². The SMILES string of the molecule is COc1ccc(Nc2nnc(SCC3CC3(Cl)Cl)s2)cc1. The van der Waals surface area contributed by atoms with Crippen molar-refractivity contribution in [2.45, 2.75) is 15.1 Å². The molecule has 1 fully saturated rings. The van der Waals surface area contributed by atoms with Gasteiger partial charge in [0, 0.05) is 17.4 Å². The van der Waals surface area contributed by atoms with Crippen LogP contribution in [0.2, 0.25) is 0 Å². The van der Waals surface area contributed by atoms with Gasteiger partial charge in [-0.3, -0.25) is 0 Å². The number of methoxy groups -OCH3 is 1. The zero-order chi connectivity index (χ0) is 14.9. The molecule has 0 spiro atoms. The normalized spacial score (nSPS) is 19.3. The fraction of sp³-hybridized carbons (Fsp3) is 0.385. The molecule has 4 nitrogen and oxygen atoms in total. The van der Waals surface area contributed by atoms with Crippen LogP contribution in [0.15, 0.2) is 28.6 Å². The molecule has 21 heavy (non-hydrogen) atoms. The number of hydrogen-bond donors (Lipinski definition) is 1. The lowest BCUT2D eigenvalue weighted by Gasteiger charge is -2.03. The van der Waals surface area contributed by atoms with E-state index >= 15 is 0 Å². The third-order valence-corrected chi connectivity index (χ3v) is 6.17. The van der Waals surface area contributed by atoms with Crippen LogP contribution < -0.4 is 10.1 Å². The predicted octanol–water partition coefficient (Wildman–Crippen LogP) is 4.58. The van der Waals surface area contributed by atoms with Crippen LogP contribution >= 0.6 is 46.3 Å². The van der Waals surface area contributed by atoms with Gasteiger partial charge in [-0.25, -0.2) is 0 Å². The van der Waals surface area contributed by atoms with E-state index in [4.69, 9.17) is 27.9 Å². The van der Waals surface area contributed by atoms with Gasteiger partial charge in [0.1, 0.15) is 10.1 Å². The lowest BCUT2D eigenvalue weighted by atomic mass is 10.3. The van der Waals surface area contributed by atoms with Gasteiger partial charge >= 0.3 is 0 Å². The molecule has 1 unspecified atom stereocenters. The van der Waals surface area contributed by atoms with Crippen LogP contribution in [-0.2, 0) is 0 Å². The summed E-state index contributed by atoms with van der Waals surface area (Å²) in [5.41, 5.74) is 0.950. The number of benzene rings is 1. The van der Waals surface area contributed by atoms with Gasteiger partial charge in [-0.15, -0.1) is 33.4 Å². The van der Waals surface area contributed by atoms with Crippen LogP contribution in [0.4, 0.5) is 10.8 Å². The number of alkyl halides is 2. The molecule has 0 radical (unpaired) electrons. The Morgan fingerprint density at radius 1 is 1.38 bits per heavy atom. The molecule has 1 saturated carbocycles. The molecule has 1 aliphatic rings. The maximum Gasteiger partial charge on any atom is 0.210 e. The summed E-state index contributed by atoms with van der Waals surface area (Å²) in [6, 6.07) is 7.67. The average molecular weight is 362 g/mol. The van der Waals surface area contributed by atoms with Crippen LogP contribution in [0.25, 0.3) is 0 Å². The highest BCUT2D eigenvalue weighted by Crippen LogP contribution is 2.55. The smallest absolute Gasteiger partial charge is 0.210 e. The molecular weight excluding hydrogens is 349 g/mol. The third-order valence-electron chi connectivity index (χ3n) is 3.11. The van der Waals surface area contributed by atoms with Crippen molar-refractivity contribution < 1.29 is 4.74 Å². The number of nitrogens with one attached hydrogen (secondary N) is 1. The van der Waals surface area contributed by atoms with Crippen molar-refractivity contribution >= 4 is 57.1 Å². The molecular formula is C13H13Cl2N3OS2. The van der Waals surface area contributed by atoms with Gasteiger partial charge in [0.25, 0.3) is 0 Å². The maximum atomic E-state index is 6.01. The summed E-state index contributed by atoms with van der Waals surface area (Å²) < 4.78 is 5.52. The molecule has 0 aliphatic heterocycles. The number of hydrogen-bond acceptors (Lipinski definition) is 6. The zero-order valence-corrected chi connectivity index (χ0v) is 14.3. The van der Waals surface area contributed by atoms with Gasteiger partial charge in [-0.2, -0.15) is 0 Å². The summed E-state index contributed by atoms with van der Waals surface area (Å²) in [4.78, 5) is 0. The fourth-order valence-electron chi connectivity index (χ4n) is 1.74. The Labute approximate surface area is 141 Å². The highest BCUT2D eigenvalue weighted by atomic mass is 35.5. The molecule has 8 heteroatoms. The van der Waals surface area contributed by atoms with Crippen molar-refractivity contribution in [1.29, 1.82) is 0 Å². The van der Waals surface area contributed by atoms with E-state index in [0.717, 1.165) is 33.1 Å². The topological polar surface area (TPSA) is 47.0 Å². The predicted molar refractivity (Wildman–Crippen MR) is 89.5 cm³/mol. The Balaban J connectivity index is 1.54. The second-order valence-electron chi connectivity index (χ2n) is 4.70. The molecule has 2 aromatic rings. The van der Waals surface area contributed by atoms with Crippen LogP contribution in [0.1, 0.15) is 6.42 Å². The lowest BCUT2D eigenvalue weighted by molar-refractivity contribution is 0.415. The van der Waals surface area contributed by atoms with Crippen LogP contribution in [0, 0.1) is 5.92 Å². The summed E-state index contributed by atoms with van der Waals surface area (Å²) >= 11 is 15.2. The Kier molecular flexibility index (Phi) is 4.49. The molecule has 1 aromatic heterocycles. The van der Waals surface area contributed by atoms with Gasteiger partial charge in [-0.05, 0) is 30.7 Å². The molecule has 0 saturated heterocycles. The standard InChI is InChI=1S/C13H13Cl2N3OS2/c1-19-10-4-2-9(3-5-10)16-11-17-18-12(21-11)20-7-8-6-13(8,14)15/h2-5,8H,6-7H2,1H3,(H,16,17). The summed E-state index contributed by atoms with van der Waals surface area (Å²) in [6.07, 6.45) is 0.860. The lowest BCUT2D eigenvalue weighted by Crippen LogP contribution is -1.92. The summed E-state index contributed by atoms with van der Waals surface area (Å²) in [5.74, 6) is 2.06. The Morgan fingerprint density at radius 2 is 2.10 bits per heavy atom. The number of thioether (sulfide) groups is 1. The van der Waals surface area contributed by atoms with E-state index < -0.39 is 4.33 Å². The molecule has 1 atom stereocenters. The Hall–Kier alpha value is -0.690. The molecule has 1 heterocycles. The molecule has 1 aliphatic carbocycles. The largest absolute Gasteiger partial charge is 0.497 e. The van der Waals surface area contributed by atoms with Crippen molar-refractivity contribution in [2.24, 2.45) is 5.92 Å². The molecule has 1 N–H and O–H groups in total. The number of nitrogens with zero attached hydrogens (tertiary/aromatic N) is 2. The number of rotatable bonds is 6. The summed E-state index contributed by atoms with van der Waals surface area (Å²) in [7, 11) is 1.65. The van der Waals surface area contributed by atoms with Crippen LogP contribution in [0.3, 0.4) is 0 Å². The van der Waals surface area contributed by atoms with Gasteiger partial charge in [-0.1, -0.05) is 23.1 Å². The fourth-order valence-corrected chi connectivity index (χ4v) is 4.47. The van der Waals surface area contributed by atoms with E-state index in [0.29, 0.717) is 5.92 Å². The highest BCUT2D eigenvalue weighted by molar-refractivity contribution is 8.01. The Bertz CT molecular complexity index is 618. The van der Waals surface area contributed by atoms with Crippen LogP contribution in [-0.4, -0.2) is 27.4 Å². The van der Waals surface area contributed by atoms with Crippen molar-refractivity contribution in [3.8, 4) is 5.75 Å². The first-order valence-corrected chi connectivity index (χ1v) is 8.88. The van der Waals surface area contributed by atoms with Gasteiger partial charge in [0.05, 0.1) is 7.11 Å². The third kappa shape index (κ3) is 3.94. The molecule has 0 amide bonds. The minimum atomic E-state index is -0.526. The quantitative estimate of drug-likeness (QED) is 0.602. The number of halogens is 2. The zero-order valence-electron chi connectivity index (χ0n) is 11.2. The van der Waals surface area contributed by atoms with Crippen molar-refractivity contribution in [3.05, 3.63) is 24.3 Å². The minimum Gasteiger partial charge on any atom is -0.497 e. The molecule has 112 valence electrons. The first-order valence-electron chi connectivity index (χ1n) is 6.32. The van der Waals surface area contributed by atoms with Crippen LogP contribution in [0.5, 0.6) is 5.75 Å². The van der Waals surface area contributed by atoms with Crippen molar-refractivity contribution in [3.63, 3.8) is 0 Å². The van der Waals surface area contributed by atoms with Crippen molar-refractivity contribution in [2.75, 3.05) is 18.2 Å². The second-order valence-corrected chi connectivity index (χ2v) is 8.49. The monoisotopic (exact) mass is 361 g/mol. The number of ether oxygens (including phenoxy) is 1. The summed E-state index contributed by atoms with van der Waals surface area (Å²) in [5, 5.41) is 12.3. The van der Waals surface area contributed by atoms with Gasteiger partial charge in [0.15, 0.2) is 4.34 Å². The van der Waals surface area contributed by atoms with Gasteiger partial charge < -0.3 is 10.1 Å². The number of aromatic nitrogens is 2.